The lowest BCUT2D eigenvalue weighted by atomic mass is 9.97. The number of hydrogen-bond acceptors (Lipinski definition) is 4. The van der Waals surface area contributed by atoms with Gasteiger partial charge in [0.1, 0.15) is 5.75 Å². The van der Waals surface area contributed by atoms with Crippen molar-refractivity contribution in [1.29, 1.82) is 0 Å². The fourth-order valence-electron chi connectivity index (χ4n) is 6.16. The Labute approximate surface area is 267 Å². The van der Waals surface area contributed by atoms with E-state index in [4.69, 9.17) is 16.3 Å². The fourth-order valence-corrected chi connectivity index (χ4v) is 7.51. The van der Waals surface area contributed by atoms with Gasteiger partial charge in [-0.1, -0.05) is 67.1 Å². The molecule has 4 aromatic rings. The molecular formula is C35H35ClF2N2O4S. The molecule has 1 unspecified atom stereocenters. The van der Waals surface area contributed by atoms with Crippen LogP contribution in [0.5, 0.6) is 5.75 Å². The van der Waals surface area contributed by atoms with Crippen LogP contribution in [0.1, 0.15) is 44.6 Å². The van der Waals surface area contributed by atoms with Gasteiger partial charge in [-0.25, -0.2) is 8.42 Å². The highest BCUT2D eigenvalue weighted by Crippen LogP contribution is 2.36. The van der Waals surface area contributed by atoms with Crippen molar-refractivity contribution in [1.82, 2.24) is 9.62 Å². The van der Waals surface area contributed by atoms with E-state index in [1.807, 2.05) is 13.0 Å². The number of nitrogens with one attached hydrogen (secondary N) is 1. The highest BCUT2D eigenvalue weighted by molar-refractivity contribution is 7.89. The van der Waals surface area contributed by atoms with Crippen LogP contribution in [0, 0.1) is 5.92 Å². The number of ether oxygens (including phenoxy) is 1. The maximum atomic E-state index is 16.3. The number of hydrogen-bond donors (Lipinski definition) is 1. The Kier molecular flexibility index (Phi) is 8.87. The van der Waals surface area contributed by atoms with Gasteiger partial charge in [0, 0.05) is 23.7 Å². The number of likely N-dealkylation sites (tertiary alicyclic amines) is 1. The lowest BCUT2D eigenvalue weighted by molar-refractivity contribution is -0.143. The third kappa shape index (κ3) is 6.86. The zero-order valence-electron chi connectivity index (χ0n) is 24.9. The number of carbonyl (C=O) groups excluding carboxylic acids is 1. The fraction of sp³-hybridized carbons (Fsp3) is 0.343. The van der Waals surface area contributed by atoms with Gasteiger partial charge in [0.05, 0.1) is 11.0 Å². The molecule has 1 aliphatic heterocycles. The SMILES string of the molecule is C[C@@H]1CCN(C(=O)C(NS(=O)(=O)c2ccc3cc(OC4CCCC4)ccc3c2)C(F)(F)c2ccc(-c3ccc(Cl)cc3)cc2)C1. The molecule has 236 valence electrons. The number of halogens is 3. The van der Waals surface area contributed by atoms with E-state index in [0.29, 0.717) is 28.1 Å². The van der Waals surface area contributed by atoms with Crippen LogP contribution in [0.2, 0.25) is 5.02 Å². The van der Waals surface area contributed by atoms with Gasteiger partial charge in [0.15, 0.2) is 6.04 Å². The minimum absolute atomic E-state index is 0.126. The molecule has 1 amide bonds. The van der Waals surface area contributed by atoms with Crippen molar-refractivity contribution < 1.29 is 26.7 Å². The normalized spacial score (nSPS) is 18.4. The molecule has 10 heteroatoms. The van der Waals surface area contributed by atoms with Crippen LogP contribution in [0.3, 0.4) is 0 Å². The first kappa shape index (κ1) is 31.5. The molecular weight excluding hydrogens is 618 g/mol. The van der Waals surface area contributed by atoms with Crippen molar-refractivity contribution in [3.8, 4) is 16.9 Å². The largest absolute Gasteiger partial charge is 0.490 e. The molecule has 6 rings (SSSR count). The predicted molar refractivity (Wildman–Crippen MR) is 172 cm³/mol. The predicted octanol–water partition coefficient (Wildman–Crippen LogP) is 7.79. The second kappa shape index (κ2) is 12.7. The van der Waals surface area contributed by atoms with Crippen LogP contribution in [0.4, 0.5) is 8.78 Å². The van der Waals surface area contributed by atoms with Gasteiger partial charge in [-0.05, 0) is 96.3 Å². The van der Waals surface area contributed by atoms with Crippen molar-refractivity contribution in [2.75, 3.05) is 13.1 Å². The summed E-state index contributed by atoms with van der Waals surface area (Å²) in [7, 11) is -4.54. The van der Waals surface area contributed by atoms with Crippen LogP contribution < -0.4 is 9.46 Å². The maximum Gasteiger partial charge on any atom is 0.298 e. The van der Waals surface area contributed by atoms with E-state index in [1.54, 1.807) is 42.5 Å². The summed E-state index contributed by atoms with van der Waals surface area (Å²) in [4.78, 5) is 14.7. The smallest absolute Gasteiger partial charge is 0.298 e. The summed E-state index contributed by atoms with van der Waals surface area (Å²) < 4.78 is 68.1. The van der Waals surface area contributed by atoms with Crippen molar-refractivity contribution in [3.63, 3.8) is 0 Å². The monoisotopic (exact) mass is 652 g/mol. The van der Waals surface area contributed by atoms with Crippen LogP contribution in [0.25, 0.3) is 21.9 Å². The molecule has 2 atom stereocenters. The molecule has 2 aliphatic rings. The summed E-state index contributed by atoms with van der Waals surface area (Å²) in [5.41, 5.74) is 0.986. The average molecular weight is 653 g/mol. The van der Waals surface area contributed by atoms with Gasteiger partial charge in [-0.3, -0.25) is 4.79 Å². The number of amides is 1. The molecule has 0 aromatic heterocycles. The van der Waals surface area contributed by atoms with E-state index in [1.165, 1.54) is 41.3 Å². The Morgan fingerprint density at radius 2 is 1.53 bits per heavy atom. The summed E-state index contributed by atoms with van der Waals surface area (Å²) in [5, 5.41) is 1.92. The summed E-state index contributed by atoms with van der Waals surface area (Å²) in [6.07, 6.45) is 5.13. The second-order valence-corrected chi connectivity index (χ2v) is 14.3. The van der Waals surface area contributed by atoms with E-state index in [2.05, 4.69) is 4.72 Å². The minimum atomic E-state index is -4.54. The van der Waals surface area contributed by atoms with E-state index in [9.17, 15) is 13.2 Å². The van der Waals surface area contributed by atoms with E-state index < -0.39 is 33.5 Å². The lowest BCUT2D eigenvalue weighted by Crippen LogP contribution is -2.55. The number of fused-ring (bicyclic) bond motifs is 1. The molecule has 0 spiro atoms. The lowest BCUT2D eigenvalue weighted by Gasteiger charge is -2.30. The standard InChI is InChI=1S/C35H35ClF2N2O4S/c1-23-18-19-40(22-23)34(41)33(35(37,38)28-12-6-24(7-13-28)25-8-14-29(36)15-9-25)39-45(42,43)32-17-11-26-20-31(16-10-27(26)21-32)44-30-4-2-3-5-30/h6-17,20-21,23,30,33,39H,2-5,18-19,22H2,1H3/t23-,33?/m1/s1. The van der Waals surface area contributed by atoms with Crippen molar-refractivity contribution >= 4 is 38.3 Å². The average Bonchev–Trinajstić information content (AvgIpc) is 3.71. The van der Waals surface area contributed by atoms with Crippen LogP contribution in [-0.2, 0) is 20.7 Å². The molecule has 1 saturated heterocycles. The van der Waals surface area contributed by atoms with Crippen molar-refractivity contribution in [2.24, 2.45) is 5.92 Å². The maximum absolute atomic E-state index is 16.3. The molecule has 0 bridgehead atoms. The van der Waals surface area contributed by atoms with E-state index in [-0.39, 0.29) is 30.0 Å². The Balaban J connectivity index is 1.29. The number of sulfonamides is 1. The molecule has 6 nitrogen and oxygen atoms in total. The number of benzene rings is 4. The molecule has 45 heavy (non-hydrogen) atoms. The zero-order valence-corrected chi connectivity index (χ0v) is 26.5. The molecule has 1 N–H and O–H groups in total. The summed E-state index contributed by atoms with van der Waals surface area (Å²) in [5.74, 6) is -3.97. The minimum Gasteiger partial charge on any atom is -0.490 e. The Hall–Kier alpha value is -3.53. The van der Waals surface area contributed by atoms with Crippen molar-refractivity contribution in [2.45, 2.75) is 62.0 Å². The van der Waals surface area contributed by atoms with Gasteiger partial charge < -0.3 is 9.64 Å². The first-order valence-corrected chi connectivity index (χ1v) is 17.1. The summed E-state index contributed by atoms with van der Waals surface area (Å²) in [6, 6.07) is 19.9. The summed E-state index contributed by atoms with van der Waals surface area (Å²) >= 11 is 5.98. The third-order valence-corrected chi connectivity index (χ3v) is 10.4. The highest BCUT2D eigenvalue weighted by Gasteiger charge is 2.50. The number of nitrogens with zero attached hydrogens (tertiary/aromatic N) is 1. The summed E-state index contributed by atoms with van der Waals surface area (Å²) in [6.45, 7) is 2.49. The van der Waals surface area contributed by atoms with Gasteiger partial charge >= 0.3 is 0 Å². The molecule has 0 radical (unpaired) electrons. The van der Waals surface area contributed by atoms with Crippen LogP contribution in [-0.4, -0.2) is 44.5 Å². The number of carbonyl (C=O) groups is 1. The molecule has 2 fully saturated rings. The Bertz CT molecular complexity index is 1790. The van der Waals surface area contributed by atoms with E-state index >= 15 is 8.78 Å². The Morgan fingerprint density at radius 1 is 0.911 bits per heavy atom. The van der Waals surface area contributed by atoms with Gasteiger partial charge in [0.2, 0.25) is 15.9 Å². The van der Waals surface area contributed by atoms with Gasteiger partial charge in [-0.2, -0.15) is 13.5 Å². The molecule has 1 saturated carbocycles. The third-order valence-electron chi connectivity index (χ3n) is 8.76. The molecule has 1 heterocycles. The number of alkyl halides is 2. The second-order valence-electron chi connectivity index (χ2n) is 12.1. The zero-order chi connectivity index (χ0) is 31.8. The quantitative estimate of drug-likeness (QED) is 0.200. The van der Waals surface area contributed by atoms with Crippen LogP contribution >= 0.6 is 11.6 Å². The molecule has 4 aromatic carbocycles. The topological polar surface area (TPSA) is 75.7 Å². The van der Waals surface area contributed by atoms with Gasteiger partial charge in [-0.15, -0.1) is 0 Å². The first-order valence-electron chi connectivity index (χ1n) is 15.3. The van der Waals surface area contributed by atoms with Crippen LogP contribution in [0.15, 0.2) is 89.8 Å². The Morgan fingerprint density at radius 3 is 2.18 bits per heavy atom. The number of rotatable bonds is 9. The van der Waals surface area contributed by atoms with Gasteiger partial charge in [0.25, 0.3) is 5.92 Å². The van der Waals surface area contributed by atoms with E-state index in [0.717, 1.165) is 36.6 Å². The highest BCUT2D eigenvalue weighted by atomic mass is 35.5. The first-order chi connectivity index (χ1) is 21.5. The van der Waals surface area contributed by atoms with Crippen molar-refractivity contribution in [3.05, 3.63) is 95.5 Å². The molecule has 1 aliphatic carbocycles.